The highest BCUT2D eigenvalue weighted by Crippen LogP contribution is 2.43. The van der Waals surface area contributed by atoms with Crippen molar-refractivity contribution >= 4 is 15.9 Å². The monoisotopic (exact) mass is 336 g/mol. The molecule has 1 aliphatic rings. The molecule has 1 nitrogen and oxygen atoms in total. The lowest BCUT2D eigenvalue weighted by Crippen LogP contribution is -2.42. The molecule has 1 aromatic rings. The summed E-state index contributed by atoms with van der Waals surface area (Å²) in [7, 11) is 0. The molecule has 106 valence electrons. The van der Waals surface area contributed by atoms with Crippen LogP contribution in [0, 0.1) is 5.92 Å². The standard InChI is InChI=1S/C14H16BrF3O/c15-12-6-2-1-4-10(12)8-13(19)7-3-5-11(9-13)14(16,17)18/h1-2,4,6,11,19H,3,5,7-9H2. The van der Waals surface area contributed by atoms with Crippen LogP contribution in [0.3, 0.4) is 0 Å². The van der Waals surface area contributed by atoms with Gasteiger partial charge in [-0.2, -0.15) is 13.2 Å². The maximum absolute atomic E-state index is 12.8. The minimum absolute atomic E-state index is 0.127. The highest BCUT2D eigenvalue weighted by molar-refractivity contribution is 9.10. The lowest BCUT2D eigenvalue weighted by Gasteiger charge is -2.38. The number of halogens is 4. The van der Waals surface area contributed by atoms with Gasteiger partial charge in [0, 0.05) is 10.9 Å². The average Bonchev–Trinajstić information content (AvgIpc) is 2.31. The van der Waals surface area contributed by atoms with Crippen molar-refractivity contribution in [2.24, 2.45) is 5.92 Å². The van der Waals surface area contributed by atoms with Crippen LogP contribution in [0.2, 0.25) is 0 Å². The summed E-state index contributed by atoms with van der Waals surface area (Å²) >= 11 is 3.37. The first-order valence-corrected chi connectivity index (χ1v) is 7.12. The third kappa shape index (κ3) is 3.72. The minimum Gasteiger partial charge on any atom is -0.390 e. The predicted octanol–water partition coefficient (Wildman–Crippen LogP) is 4.48. The fraction of sp³-hybridized carbons (Fsp3) is 0.571. The molecule has 0 heterocycles. The number of aliphatic hydroxyl groups is 1. The molecule has 1 aromatic carbocycles. The van der Waals surface area contributed by atoms with E-state index >= 15 is 0 Å². The van der Waals surface area contributed by atoms with Gasteiger partial charge in [0.15, 0.2) is 0 Å². The number of hydrogen-bond donors (Lipinski definition) is 1. The summed E-state index contributed by atoms with van der Waals surface area (Å²) < 4.78 is 39.2. The average molecular weight is 337 g/mol. The number of benzene rings is 1. The van der Waals surface area contributed by atoms with Crippen molar-refractivity contribution in [2.45, 2.75) is 43.9 Å². The summed E-state index contributed by atoms with van der Waals surface area (Å²) in [5.41, 5.74) is -0.393. The fourth-order valence-corrected chi connectivity index (χ4v) is 3.20. The van der Waals surface area contributed by atoms with Crippen LogP contribution in [0.25, 0.3) is 0 Å². The minimum atomic E-state index is -4.21. The van der Waals surface area contributed by atoms with E-state index in [1.807, 2.05) is 24.3 Å². The molecule has 1 fully saturated rings. The van der Waals surface area contributed by atoms with Crippen LogP contribution >= 0.6 is 15.9 Å². The van der Waals surface area contributed by atoms with Crippen molar-refractivity contribution < 1.29 is 18.3 Å². The first-order valence-electron chi connectivity index (χ1n) is 6.33. The van der Waals surface area contributed by atoms with Crippen molar-refractivity contribution in [1.29, 1.82) is 0 Å². The lowest BCUT2D eigenvalue weighted by atomic mass is 9.75. The molecule has 0 aromatic heterocycles. The second kappa shape index (κ2) is 5.44. The highest BCUT2D eigenvalue weighted by Gasteiger charge is 2.46. The van der Waals surface area contributed by atoms with Gasteiger partial charge in [-0.1, -0.05) is 34.1 Å². The Morgan fingerprint density at radius 1 is 1.32 bits per heavy atom. The van der Waals surface area contributed by atoms with Gasteiger partial charge in [0.25, 0.3) is 0 Å². The van der Waals surface area contributed by atoms with Gasteiger partial charge >= 0.3 is 6.18 Å². The molecule has 2 rings (SSSR count). The first kappa shape index (κ1) is 14.9. The van der Waals surface area contributed by atoms with E-state index in [0.29, 0.717) is 12.8 Å². The van der Waals surface area contributed by atoms with E-state index in [4.69, 9.17) is 0 Å². The van der Waals surface area contributed by atoms with E-state index in [2.05, 4.69) is 15.9 Å². The molecule has 1 saturated carbocycles. The molecule has 0 bridgehead atoms. The van der Waals surface area contributed by atoms with E-state index in [-0.39, 0.29) is 19.3 Å². The number of alkyl halides is 3. The van der Waals surface area contributed by atoms with Crippen LogP contribution in [-0.2, 0) is 6.42 Å². The Labute approximate surface area is 119 Å². The van der Waals surface area contributed by atoms with Gasteiger partial charge in [-0.15, -0.1) is 0 Å². The molecule has 2 unspecified atom stereocenters. The first-order chi connectivity index (χ1) is 8.80. The van der Waals surface area contributed by atoms with Crippen molar-refractivity contribution in [3.8, 4) is 0 Å². The summed E-state index contributed by atoms with van der Waals surface area (Å²) in [5.74, 6) is -1.38. The van der Waals surface area contributed by atoms with Gasteiger partial charge in [-0.25, -0.2) is 0 Å². The molecular weight excluding hydrogens is 321 g/mol. The normalized spacial score (nSPS) is 28.4. The zero-order chi connectivity index (χ0) is 14.1. The largest absolute Gasteiger partial charge is 0.391 e. The molecule has 0 spiro atoms. The third-order valence-corrected chi connectivity index (χ3v) is 4.53. The second-order valence-corrected chi connectivity index (χ2v) is 6.18. The van der Waals surface area contributed by atoms with Crippen molar-refractivity contribution in [3.05, 3.63) is 34.3 Å². The highest BCUT2D eigenvalue weighted by atomic mass is 79.9. The predicted molar refractivity (Wildman–Crippen MR) is 70.8 cm³/mol. The number of rotatable bonds is 2. The summed E-state index contributed by atoms with van der Waals surface area (Å²) in [4.78, 5) is 0. The van der Waals surface area contributed by atoms with Crippen LogP contribution < -0.4 is 0 Å². The van der Waals surface area contributed by atoms with Crippen LogP contribution in [-0.4, -0.2) is 16.9 Å². The van der Waals surface area contributed by atoms with Gasteiger partial charge in [-0.05, 0) is 37.3 Å². The van der Waals surface area contributed by atoms with Crippen molar-refractivity contribution in [2.75, 3.05) is 0 Å². The molecule has 0 radical (unpaired) electrons. The van der Waals surface area contributed by atoms with Crippen LogP contribution in [0.4, 0.5) is 13.2 Å². The molecule has 19 heavy (non-hydrogen) atoms. The molecule has 1 N–H and O–H groups in total. The maximum Gasteiger partial charge on any atom is 0.391 e. The van der Waals surface area contributed by atoms with E-state index in [0.717, 1.165) is 10.0 Å². The van der Waals surface area contributed by atoms with Crippen LogP contribution in [0.5, 0.6) is 0 Å². The van der Waals surface area contributed by atoms with Gasteiger partial charge in [-0.3, -0.25) is 0 Å². The van der Waals surface area contributed by atoms with Gasteiger partial charge < -0.3 is 5.11 Å². The zero-order valence-electron chi connectivity index (χ0n) is 10.4. The van der Waals surface area contributed by atoms with Gasteiger partial charge in [0.05, 0.1) is 11.5 Å². The summed E-state index contributed by atoms with van der Waals surface area (Å²) in [5, 5.41) is 10.5. The Morgan fingerprint density at radius 3 is 2.63 bits per heavy atom. The molecule has 2 atom stereocenters. The SMILES string of the molecule is OC1(Cc2ccccc2Br)CCCC(C(F)(F)F)C1. The Kier molecular flexibility index (Phi) is 4.26. The molecule has 0 aliphatic heterocycles. The molecule has 1 aliphatic carbocycles. The fourth-order valence-electron chi connectivity index (χ4n) is 2.78. The quantitative estimate of drug-likeness (QED) is 0.844. The van der Waals surface area contributed by atoms with E-state index in [1.165, 1.54) is 0 Å². The van der Waals surface area contributed by atoms with E-state index in [1.54, 1.807) is 0 Å². The Morgan fingerprint density at radius 2 is 2.00 bits per heavy atom. The topological polar surface area (TPSA) is 20.2 Å². The van der Waals surface area contributed by atoms with Gasteiger partial charge in [0.1, 0.15) is 0 Å². The van der Waals surface area contributed by atoms with Crippen LogP contribution in [0.1, 0.15) is 31.2 Å². The van der Waals surface area contributed by atoms with Crippen molar-refractivity contribution in [1.82, 2.24) is 0 Å². The summed E-state index contributed by atoms with van der Waals surface area (Å²) in [6.07, 6.45) is -3.16. The van der Waals surface area contributed by atoms with Crippen molar-refractivity contribution in [3.63, 3.8) is 0 Å². The summed E-state index contributed by atoms with van der Waals surface area (Å²) in [6, 6.07) is 7.34. The lowest BCUT2D eigenvalue weighted by molar-refractivity contribution is -0.200. The smallest absolute Gasteiger partial charge is 0.390 e. The zero-order valence-corrected chi connectivity index (χ0v) is 12.0. The van der Waals surface area contributed by atoms with Crippen LogP contribution in [0.15, 0.2) is 28.7 Å². The van der Waals surface area contributed by atoms with E-state index in [9.17, 15) is 18.3 Å². The second-order valence-electron chi connectivity index (χ2n) is 5.33. The Balaban J connectivity index is 2.12. The molecule has 0 amide bonds. The third-order valence-electron chi connectivity index (χ3n) is 3.76. The Hall–Kier alpha value is -0.550. The Bertz CT molecular complexity index is 447. The number of hydrogen-bond acceptors (Lipinski definition) is 1. The summed E-state index contributed by atoms with van der Waals surface area (Å²) in [6.45, 7) is 0. The molecule has 0 saturated heterocycles. The molecular formula is C14H16BrF3O. The van der Waals surface area contributed by atoms with E-state index < -0.39 is 17.7 Å². The maximum atomic E-state index is 12.8. The van der Waals surface area contributed by atoms with Gasteiger partial charge in [0.2, 0.25) is 0 Å². The molecule has 5 heteroatoms.